The van der Waals surface area contributed by atoms with Crippen LogP contribution in [0.15, 0.2) is 66.8 Å². The number of fused-ring (bicyclic) bond motifs is 1. The highest BCUT2D eigenvalue weighted by Crippen LogP contribution is 2.32. The summed E-state index contributed by atoms with van der Waals surface area (Å²) in [5.41, 5.74) is 3.46. The third-order valence-electron chi connectivity index (χ3n) is 5.27. The van der Waals surface area contributed by atoms with Crippen molar-refractivity contribution in [3.8, 4) is 11.5 Å². The van der Waals surface area contributed by atoms with Crippen molar-refractivity contribution < 1.29 is 24.2 Å². The zero-order valence-corrected chi connectivity index (χ0v) is 18.2. The number of amides is 1. The first-order chi connectivity index (χ1) is 16.0. The summed E-state index contributed by atoms with van der Waals surface area (Å²) >= 11 is 0. The van der Waals surface area contributed by atoms with Crippen molar-refractivity contribution >= 4 is 23.3 Å². The topological polar surface area (TPSA) is 103 Å². The maximum Gasteiger partial charge on any atom is 0.335 e. The van der Waals surface area contributed by atoms with Gasteiger partial charge in [0.1, 0.15) is 0 Å². The van der Waals surface area contributed by atoms with Gasteiger partial charge >= 0.3 is 5.97 Å². The Labute approximate surface area is 190 Å². The first-order valence-electron chi connectivity index (χ1n) is 10.3. The normalized spacial score (nSPS) is 15.3. The van der Waals surface area contributed by atoms with Crippen LogP contribution in [0.1, 0.15) is 38.5 Å². The van der Waals surface area contributed by atoms with Crippen LogP contribution < -0.4 is 14.8 Å². The van der Waals surface area contributed by atoms with E-state index in [2.05, 4.69) is 16.5 Å². The molecule has 2 aromatic carbocycles. The first kappa shape index (κ1) is 21.9. The van der Waals surface area contributed by atoms with Gasteiger partial charge < -0.3 is 19.9 Å². The minimum Gasteiger partial charge on any atom is -0.493 e. The largest absolute Gasteiger partial charge is 0.493 e. The zero-order chi connectivity index (χ0) is 23.4. The molecular formula is C25H23N3O5. The average molecular weight is 445 g/mol. The van der Waals surface area contributed by atoms with Gasteiger partial charge in [-0.05, 0) is 67.4 Å². The molecule has 4 rings (SSSR count). The van der Waals surface area contributed by atoms with E-state index in [9.17, 15) is 9.59 Å². The highest BCUT2D eigenvalue weighted by Gasteiger charge is 2.19. The SMILES string of the molecule is COc1ccc(/C2=C/C=C\CCc3cc(C(=O)Nc4ccc(C(=O)O)cc4)nn32)cc1OC. The van der Waals surface area contributed by atoms with Crippen molar-refractivity contribution in [2.24, 2.45) is 0 Å². The molecule has 33 heavy (non-hydrogen) atoms. The molecule has 168 valence electrons. The van der Waals surface area contributed by atoms with E-state index in [1.54, 1.807) is 37.1 Å². The number of ether oxygens (including phenoxy) is 2. The summed E-state index contributed by atoms with van der Waals surface area (Å²) < 4.78 is 12.6. The molecule has 0 spiro atoms. The van der Waals surface area contributed by atoms with Gasteiger partial charge in [0.15, 0.2) is 17.2 Å². The maximum atomic E-state index is 12.9. The molecule has 2 N–H and O–H groups in total. The van der Waals surface area contributed by atoms with Gasteiger partial charge in [-0.2, -0.15) is 5.10 Å². The van der Waals surface area contributed by atoms with Crippen LogP contribution in [-0.4, -0.2) is 41.0 Å². The fourth-order valence-corrected chi connectivity index (χ4v) is 3.58. The molecule has 0 radical (unpaired) electrons. The number of carbonyl (C=O) groups excluding carboxylic acids is 1. The minimum absolute atomic E-state index is 0.148. The molecule has 3 aromatic rings. The fraction of sp³-hybridized carbons (Fsp3) is 0.160. The van der Waals surface area contributed by atoms with E-state index < -0.39 is 5.97 Å². The molecule has 0 saturated carbocycles. The Hall–Kier alpha value is -4.33. The van der Waals surface area contributed by atoms with Gasteiger partial charge in [0.25, 0.3) is 5.91 Å². The molecule has 0 bridgehead atoms. The molecule has 8 nitrogen and oxygen atoms in total. The predicted molar refractivity (Wildman–Crippen MR) is 124 cm³/mol. The van der Waals surface area contributed by atoms with Crippen LogP contribution in [0.4, 0.5) is 5.69 Å². The molecule has 1 aliphatic heterocycles. The highest BCUT2D eigenvalue weighted by atomic mass is 16.5. The smallest absolute Gasteiger partial charge is 0.335 e. The summed E-state index contributed by atoms with van der Waals surface area (Å²) in [6, 6.07) is 13.4. The van der Waals surface area contributed by atoms with Crippen molar-refractivity contribution in [3.05, 3.63) is 89.3 Å². The van der Waals surface area contributed by atoms with Gasteiger partial charge in [-0.15, -0.1) is 0 Å². The van der Waals surface area contributed by atoms with Crippen LogP contribution >= 0.6 is 0 Å². The molecule has 1 amide bonds. The van der Waals surface area contributed by atoms with Gasteiger partial charge in [0, 0.05) is 16.9 Å². The summed E-state index contributed by atoms with van der Waals surface area (Å²) in [5.74, 6) is -0.182. The van der Waals surface area contributed by atoms with Crippen LogP contribution in [0.2, 0.25) is 0 Å². The van der Waals surface area contributed by atoms with Gasteiger partial charge in [-0.3, -0.25) is 4.79 Å². The second-order valence-corrected chi connectivity index (χ2v) is 7.36. The Bertz CT molecular complexity index is 1260. The monoisotopic (exact) mass is 445 g/mol. The summed E-state index contributed by atoms with van der Waals surface area (Å²) in [6.07, 6.45) is 7.53. The van der Waals surface area contributed by atoms with Gasteiger partial charge in [-0.25, -0.2) is 9.48 Å². The van der Waals surface area contributed by atoms with Crippen molar-refractivity contribution in [1.29, 1.82) is 0 Å². The van der Waals surface area contributed by atoms with Crippen molar-refractivity contribution in [3.63, 3.8) is 0 Å². The molecule has 0 fully saturated rings. The zero-order valence-electron chi connectivity index (χ0n) is 18.2. The highest BCUT2D eigenvalue weighted by molar-refractivity contribution is 6.03. The van der Waals surface area contributed by atoms with Crippen molar-refractivity contribution in [2.75, 3.05) is 19.5 Å². The van der Waals surface area contributed by atoms with Gasteiger partial charge in [0.2, 0.25) is 0 Å². The Morgan fingerprint density at radius 1 is 1.03 bits per heavy atom. The summed E-state index contributed by atoms with van der Waals surface area (Å²) in [5, 5.41) is 16.4. The fourth-order valence-electron chi connectivity index (χ4n) is 3.58. The summed E-state index contributed by atoms with van der Waals surface area (Å²) in [4.78, 5) is 23.9. The number of aromatic carboxylic acids is 1. The standard InChI is InChI=1S/C25H23N3O5/c1-32-22-13-10-17(14-23(22)33-2)21-7-5-3-4-6-19-15-20(27-28(19)21)24(29)26-18-11-8-16(9-12-18)25(30)31/h3,5,7-15H,4,6H2,1-2H3,(H,26,29)(H,30,31)/b5-3-,21-7-. The lowest BCUT2D eigenvalue weighted by molar-refractivity contribution is 0.0696. The number of carboxylic acids is 1. The van der Waals surface area contributed by atoms with E-state index in [-0.39, 0.29) is 17.2 Å². The number of carboxylic acid groups (broad SMARTS) is 1. The third-order valence-corrected chi connectivity index (χ3v) is 5.27. The Balaban J connectivity index is 1.66. The maximum absolute atomic E-state index is 12.9. The van der Waals surface area contributed by atoms with Crippen molar-refractivity contribution in [2.45, 2.75) is 12.8 Å². The van der Waals surface area contributed by atoms with Crippen molar-refractivity contribution in [1.82, 2.24) is 9.78 Å². The molecule has 2 heterocycles. The lowest BCUT2D eigenvalue weighted by Gasteiger charge is -2.15. The lowest BCUT2D eigenvalue weighted by Crippen LogP contribution is -2.14. The molecule has 1 aliphatic rings. The summed E-state index contributed by atoms with van der Waals surface area (Å²) in [7, 11) is 3.17. The van der Waals surface area contributed by atoms with E-state index in [1.165, 1.54) is 12.1 Å². The van der Waals surface area contributed by atoms with E-state index >= 15 is 0 Å². The third kappa shape index (κ3) is 4.64. The van der Waals surface area contributed by atoms with E-state index in [4.69, 9.17) is 14.6 Å². The van der Waals surface area contributed by atoms with Crippen LogP contribution in [0.25, 0.3) is 5.70 Å². The Morgan fingerprint density at radius 3 is 2.48 bits per heavy atom. The lowest BCUT2D eigenvalue weighted by atomic mass is 10.1. The second-order valence-electron chi connectivity index (χ2n) is 7.36. The first-order valence-corrected chi connectivity index (χ1v) is 10.3. The Morgan fingerprint density at radius 2 is 1.79 bits per heavy atom. The molecule has 1 aromatic heterocycles. The number of hydrogen-bond donors (Lipinski definition) is 2. The molecule has 0 saturated heterocycles. The molecule has 0 atom stereocenters. The molecule has 0 unspecified atom stereocenters. The van der Waals surface area contributed by atoms with Crippen LogP contribution in [0.5, 0.6) is 11.5 Å². The molecule has 0 aliphatic carbocycles. The van der Waals surface area contributed by atoms with Crippen LogP contribution in [0, 0.1) is 0 Å². The number of anilines is 1. The number of rotatable bonds is 6. The minimum atomic E-state index is -1.02. The quantitative estimate of drug-likeness (QED) is 0.588. The van der Waals surface area contributed by atoms with E-state index in [0.717, 1.165) is 23.4 Å². The molecular weight excluding hydrogens is 422 g/mol. The van der Waals surface area contributed by atoms with E-state index in [1.807, 2.05) is 30.4 Å². The number of methoxy groups -OCH3 is 2. The number of allylic oxidation sites excluding steroid dienone is 3. The number of hydrogen-bond acceptors (Lipinski definition) is 5. The average Bonchev–Trinajstić information content (AvgIpc) is 3.22. The number of benzene rings is 2. The predicted octanol–water partition coefficient (Wildman–Crippen LogP) is 4.24. The van der Waals surface area contributed by atoms with Crippen LogP contribution in [0.3, 0.4) is 0 Å². The van der Waals surface area contributed by atoms with Crippen LogP contribution in [-0.2, 0) is 6.42 Å². The number of nitrogens with one attached hydrogen (secondary N) is 1. The van der Waals surface area contributed by atoms with Gasteiger partial charge in [0.05, 0.1) is 25.5 Å². The molecule has 8 heteroatoms. The number of carbonyl (C=O) groups is 2. The number of aromatic nitrogens is 2. The Kier molecular flexibility index (Phi) is 6.26. The van der Waals surface area contributed by atoms with Gasteiger partial charge in [-0.1, -0.05) is 12.2 Å². The number of nitrogens with zero attached hydrogens (tertiary/aromatic N) is 2. The van der Waals surface area contributed by atoms with E-state index in [0.29, 0.717) is 23.6 Å². The summed E-state index contributed by atoms with van der Waals surface area (Å²) in [6.45, 7) is 0. The number of aryl methyl sites for hydroxylation is 1. The second kappa shape index (κ2) is 9.44.